The summed E-state index contributed by atoms with van der Waals surface area (Å²) in [6.07, 6.45) is 2.06. The van der Waals surface area contributed by atoms with E-state index in [9.17, 15) is 9.59 Å². The SMILES string of the molecule is Cl.NCCNC(=O)C1CCCN(C(=O)Cc2cccc3ccccc23)C1. The molecule has 3 rings (SSSR count). The number of nitrogens with one attached hydrogen (secondary N) is 1. The molecule has 0 radical (unpaired) electrons. The fraction of sp³-hybridized carbons (Fsp3) is 0.400. The summed E-state index contributed by atoms with van der Waals surface area (Å²) in [5, 5.41) is 5.10. The molecule has 1 atom stereocenters. The normalized spacial score (nSPS) is 16.8. The van der Waals surface area contributed by atoms with Gasteiger partial charge in [0.15, 0.2) is 0 Å². The predicted molar refractivity (Wildman–Crippen MR) is 106 cm³/mol. The van der Waals surface area contributed by atoms with E-state index in [0.29, 0.717) is 26.1 Å². The maximum absolute atomic E-state index is 12.8. The summed E-state index contributed by atoms with van der Waals surface area (Å²) < 4.78 is 0. The Kier molecular flexibility index (Phi) is 7.42. The van der Waals surface area contributed by atoms with Crippen molar-refractivity contribution in [2.45, 2.75) is 19.3 Å². The predicted octanol–water partition coefficient (Wildman–Crippen LogP) is 2.12. The van der Waals surface area contributed by atoms with Gasteiger partial charge in [0.1, 0.15) is 0 Å². The molecule has 3 N–H and O–H groups in total. The first-order valence-corrected chi connectivity index (χ1v) is 8.91. The van der Waals surface area contributed by atoms with Crippen molar-refractivity contribution in [1.82, 2.24) is 10.2 Å². The average Bonchev–Trinajstić information content (AvgIpc) is 2.66. The number of nitrogens with two attached hydrogens (primary N) is 1. The van der Waals surface area contributed by atoms with Crippen LogP contribution in [0.2, 0.25) is 0 Å². The number of carbonyl (C=O) groups is 2. The lowest BCUT2D eigenvalue weighted by atomic mass is 9.96. The van der Waals surface area contributed by atoms with Crippen LogP contribution in [0.1, 0.15) is 18.4 Å². The standard InChI is InChI=1S/C20H25N3O2.ClH/c21-10-11-22-20(25)17-8-4-12-23(14-17)19(24)13-16-7-3-6-15-5-1-2-9-18(15)16;/h1-3,5-7,9,17H,4,8,10-14,21H2,(H,22,25);1H. The molecule has 1 heterocycles. The molecule has 2 aromatic carbocycles. The molecule has 140 valence electrons. The Morgan fingerprint density at radius 2 is 1.92 bits per heavy atom. The van der Waals surface area contributed by atoms with Gasteiger partial charge in [-0.2, -0.15) is 0 Å². The number of halogens is 1. The van der Waals surface area contributed by atoms with Crippen LogP contribution in [-0.4, -0.2) is 42.9 Å². The Hall–Kier alpha value is -2.11. The second-order valence-electron chi connectivity index (χ2n) is 6.57. The second kappa shape index (κ2) is 9.55. The third kappa shape index (κ3) is 4.74. The summed E-state index contributed by atoms with van der Waals surface area (Å²) in [5.41, 5.74) is 6.47. The van der Waals surface area contributed by atoms with Crippen LogP contribution in [0.5, 0.6) is 0 Å². The van der Waals surface area contributed by atoms with Gasteiger partial charge < -0.3 is 16.0 Å². The summed E-state index contributed by atoms with van der Waals surface area (Å²) in [5.74, 6) is -0.0300. The van der Waals surface area contributed by atoms with Gasteiger partial charge in [0.2, 0.25) is 11.8 Å². The first kappa shape index (κ1) is 20.2. The molecule has 1 aliphatic heterocycles. The van der Waals surface area contributed by atoms with Gasteiger partial charge in [-0.3, -0.25) is 9.59 Å². The van der Waals surface area contributed by atoms with Gasteiger partial charge in [0.05, 0.1) is 12.3 Å². The molecule has 5 nitrogen and oxygen atoms in total. The number of carbonyl (C=O) groups excluding carboxylic acids is 2. The number of likely N-dealkylation sites (tertiary alicyclic amines) is 1. The van der Waals surface area contributed by atoms with E-state index < -0.39 is 0 Å². The van der Waals surface area contributed by atoms with Gasteiger partial charge in [-0.25, -0.2) is 0 Å². The summed E-state index contributed by atoms with van der Waals surface area (Å²) in [6, 6.07) is 14.2. The number of nitrogens with zero attached hydrogens (tertiary/aromatic N) is 1. The third-order valence-corrected chi connectivity index (χ3v) is 4.81. The van der Waals surface area contributed by atoms with Crippen molar-refractivity contribution in [1.29, 1.82) is 0 Å². The largest absolute Gasteiger partial charge is 0.355 e. The highest BCUT2D eigenvalue weighted by Crippen LogP contribution is 2.21. The minimum absolute atomic E-state index is 0. The van der Waals surface area contributed by atoms with Crippen molar-refractivity contribution in [2.24, 2.45) is 11.7 Å². The monoisotopic (exact) mass is 375 g/mol. The topological polar surface area (TPSA) is 75.4 Å². The zero-order chi connectivity index (χ0) is 17.6. The van der Waals surface area contributed by atoms with Crippen LogP contribution in [0.3, 0.4) is 0 Å². The Balaban J connectivity index is 0.00000243. The lowest BCUT2D eigenvalue weighted by Gasteiger charge is -2.32. The van der Waals surface area contributed by atoms with E-state index in [2.05, 4.69) is 23.5 Å². The fourth-order valence-electron chi connectivity index (χ4n) is 3.48. The number of benzene rings is 2. The summed E-state index contributed by atoms with van der Waals surface area (Å²) in [4.78, 5) is 26.8. The van der Waals surface area contributed by atoms with E-state index in [-0.39, 0.29) is 30.1 Å². The number of rotatable bonds is 5. The van der Waals surface area contributed by atoms with Crippen molar-refractivity contribution in [2.75, 3.05) is 26.2 Å². The zero-order valence-corrected chi connectivity index (χ0v) is 15.6. The maximum atomic E-state index is 12.8. The number of amides is 2. The van der Waals surface area contributed by atoms with Crippen LogP contribution in [0.15, 0.2) is 42.5 Å². The van der Waals surface area contributed by atoms with E-state index in [4.69, 9.17) is 5.73 Å². The third-order valence-electron chi connectivity index (χ3n) is 4.81. The minimum Gasteiger partial charge on any atom is -0.355 e. The van der Waals surface area contributed by atoms with Gasteiger partial charge in [0, 0.05) is 26.2 Å². The Labute approximate surface area is 160 Å². The van der Waals surface area contributed by atoms with Gasteiger partial charge in [-0.05, 0) is 29.2 Å². The van der Waals surface area contributed by atoms with Crippen molar-refractivity contribution >= 4 is 35.0 Å². The molecule has 1 aliphatic rings. The van der Waals surface area contributed by atoms with E-state index in [1.807, 2.05) is 29.2 Å². The van der Waals surface area contributed by atoms with E-state index in [1.165, 1.54) is 0 Å². The quantitative estimate of drug-likeness (QED) is 0.840. The van der Waals surface area contributed by atoms with Crippen molar-refractivity contribution in [3.05, 3.63) is 48.0 Å². The van der Waals surface area contributed by atoms with Crippen molar-refractivity contribution in [3.8, 4) is 0 Å². The Morgan fingerprint density at radius 3 is 2.73 bits per heavy atom. The number of hydrogen-bond donors (Lipinski definition) is 2. The van der Waals surface area contributed by atoms with Gasteiger partial charge in [0.25, 0.3) is 0 Å². The highest BCUT2D eigenvalue weighted by Gasteiger charge is 2.28. The van der Waals surface area contributed by atoms with E-state index >= 15 is 0 Å². The van der Waals surface area contributed by atoms with Crippen LogP contribution in [0, 0.1) is 5.92 Å². The molecule has 1 fully saturated rings. The van der Waals surface area contributed by atoms with E-state index in [0.717, 1.165) is 35.7 Å². The van der Waals surface area contributed by atoms with Crippen molar-refractivity contribution in [3.63, 3.8) is 0 Å². The first-order chi connectivity index (χ1) is 12.2. The minimum atomic E-state index is -0.128. The zero-order valence-electron chi connectivity index (χ0n) is 14.8. The first-order valence-electron chi connectivity index (χ1n) is 8.91. The lowest BCUT2D eigenvalue weighted by Crippen LogP contribution is -2.46. The molecule has 26 heavy (non-hydrogen) atoms. The van der Waals surface area contributed by atoms with Crippen LogP contribution in [0.25, 0.3) is 10.8 Å². The average molecular weight is 376 g/mol. The van der Waals surface area contributed by atoms with Gasteiger partial charge in [-0.1, -0.05) is 42.5 Å². The highest BCUT2D eigenvalue weighted by molar-refractivity contribution is 5.90. The molecule has 0 aliphatic carbocycles. The van der Waals surface area contributed by atoms with Crippen LogP contribution < -0.4 is 11.1 Å². The molecular formula is C20H26ClN3O2. The molecule has 6 heteroatoms. The summed E-state index contributed by atoms with van der Waals surface area (Å²) in [6.45, 7) is 2.14. The Bertz CT molecular complexity index is 760. The van der Waals surface area contributed by atoms with Crippen LogP contribution in [0.4, 0.5) is 0 Å². The van der Waals surface area contributed by atoms with Crippen LogP contribution in [-0.2, 0) is 16.0 Å². The van der Waals surface area contributed by atoms with Gasteiger partial charge >= 0.3 is 0 Å². The maximum Gasteiger partial charge on any atom is 0.227 e. The fourth-order valence-corrected chi connectivity index (χ4v) is 3.48. The number of piperidine rings is 1. The number of fused-ring (bicyclic) bond motifs is 1. The summed E-state index contributed by atoms with van der Waals surface area (Å²) >= 11 is 0. The molecule has 1 saturated heterocycles. The molecule has 1 unspecified atom stereocenters. The molecular weight excluding hydrogens is 350 g/mol. The number of hydrogen-bond acceptors (Lipinski definition) is 3. The lowest BCUT2D eigenvalue weighted by molar-refractivity contribution is -0.135. The second-order valence-corrected chi connectivity index (χ2v) is 6.57. The summed E-state index contributed by atoms with van der Waals surface area (Å²) in [7, 11) is 0. The highest BCUT2D eigenvalue weighted by atomic mass is 35.5. The molecule has 0 bridgehead atoms. The smallest absolute Gasteiger partial charge is 0.227 e. The molecule has 0 spiro atoms. The van der Waals surface area contributed by atoms with Gasteiger partial charge in [-0.15, -0.1) is 12.4 Å². The Morgan fingerprint density at radius 1 is 1.15 bits per heavy atom. The molecule has 0 saturated carbocycles. The van der Waals surface area contributed by atoms with E-state index in [1.54, 1.807) is 0 Å². The molecule has 2 aromatic rings. The van der Waals surface area contributed by atoms with Crippen LogP contribution >= 0.6 is 12.4 Å². The molecule has 2 amide bonds. The molecule has 0 aromatic heterocycles. The van der Waals surface area contributed by atoms with Crippen molar-refractivity contribution < 1.29 is 9.59 Å².